The van der Waals surface area contributed by atoms with Gasteiger partial charge < -0.3 is 15.0 Å². The maximum Gasteiger partial charge on any atom is 0.253 e. The summed E-state index contributed by atoms with van der Waals surface area (Å²) in [6.07, 6.45) is 1.08. The van der Waals surface area contributed by atoms with E-state index < -0.39 is 0 Å². The molecule has 1 N–H and O–H groups in total. The van der Waals surface area contributed by atoms with E-state index in [4.69, 9.17) is 4.74 Å². The molecule has 0 unspecified atom stereocenters. The first-order valence-corrected chi connectivity index (χ1v) is 8.72. The highest BCUT2D eigenvalue weighted by molar-refractivity contribution is 5.93. The quantitative estimate of drug-likeness (QED) is 0.741. The van der Waals surface area contributed by atoms with Crippen LogP contribution >= 0.6 is 0 Å². The van der Waals surface area contributed by atoms with Crippen LogP contribution in [0, 0.1) is 6.92 Å². The van der Waals surface area contributed by atoms with Crippen molar-refractivity contribution >= 4 is 11.8 Å². The summed E-state index contributed by atoms with van der Waals surface area (Å²) in [4.78, 5) is 25.3. The van der Waals surface area contributed by atoms with Crippen LogP contribution in [-0.4, -0.2) is 37.4 Å². The molecule has 5 heteroatoms. The molecule has 0 spiro atoms. The van der Waals surface area contributed by atoms with Crippen LogP contribution in [0.2, 0.25) is 0 Å². The Labute approximate surface area is 155 Å². The number of hydrogen-bond donors (Lipinski definition) is 1. The lowest BCUT2D eigenvalue weighted by molar-refractivity contribution is -0.121. The molecule has 0 radical (unpaired) electrons. The molecule has 0 aliphatic rings. The molecule has 0 bridgehead atoms. The second-order valence-corrected chi connectivity index (χ2v) is 6.44. The highest BCUT2D eigenvalue weighted by Gasteiger charge is 2.07. The Morgan fingerprint density at radius 2 is 1.81 bits per heavy atom. The summed E-state index contributed by atoms with van der Waals surface area (Å²) < 4.78 is 5.64. The molecule has 0 saturated carbocycles. The van der Waals surface area contributed by atoms with Gasteiger partial charge in [0, 0.05) is 32.6 Å². The molecular formula is C21H26N2O3. The molecule has 2 rings (SSSR count). The summed E-state index contributed by atoms with van der Waals surface area (Å²) in [5.74, 6) is 0.790. The number of ether oxygens (including phenoxy) is 1. The second kappa shape index (κ2) is 9.61. The Kier molecular flexibility index (Phi) is 7.21. The standard InChI is InChI=1S/C21H26N2O3/c1-16-6-4-7-19(14-16)26-13-5-8-20(24)22-15-17-9-11-18(12-10-17)21(25)23(2)3/h4,6-7,9-12,14H,5,8,13,15H2,1-3H3,(H,22,24). The SMILES string of the molecule is Cc1cccc(OCCCC(=O)NCc2ccc(C(=O)N(C)C)cc2)c1. The smallest absolute Gasteiger partial charge is 0.253 e. The summed E-state index contributed by atoms with van der Waals surface area (Å²) >= 11 is 0. The zero-order valence-electron chi connectivity index (χ0n) is 15.6. The fraction of sp³-hybridized carbons (Fsp3) is 0.333. The first-order valence-electron chi connectivity index (χ1n) is 8.72. The van der Waals surface area contributed by atoms with Gasteiger partial charge in [0.15, 0.2) is 0 Å². The maximum absolute atomic E-state index is 11.9. The van der Waals surface area contributed by atoms with Crippen molar-refractivity contribution in [1.29, 1.82) is 0 Å². The third kappa shape index (κ3) is 6.24. The number of rotatable bonds is 8. The maximum atomic E-state index is 11.9. The van der Waals surface area contributed by atoms with Crippen LogP contribution in [0.15, 0.2) is 48.5 Å². The zero-order chi connectivity index (χ0) is 18.9. The number of amides is 2. The number of benzene rings is 2. The Morgan fingerprint density at radius 1 is 1.08 bits per heavy atom. The van der Waals surface area contributed by atoms with Crippen LogP contribution in [-0.2, 0) is 11.3 Å². The predicted octanol–water partition coefficient (Wildman–Crippen LogP) is 3.17. The molecule has 0 aliphatic heterocycles. The van der Waals surface area contributed by atoms with Gasteiger partial charge in [-0.05, 0) is 48.7 Å². The number of carbonyl (C=O) groups excluding carboxylic acids is 2. The normalized spacial score (nSPS) is 10.3. The van der Waals surface area contributed by atoms with E-state index in [9.17, 15) is 9.59 Å². The van der Waals surface area contributed by atoms with Gasteiger partial charge in [-0.1, -0.05) is 24.3 Å². The Bertz CT molecular complexity index is 739. The van der Waals surface area contributed by atoms with E-state index in [0.29, 0.717) is 31.6 Å². The van der Waals surface area contributed by atoms with E-state index in [0.717, 1.165) is 16.9 Å². The van der Waals surface area contributed by atoms with Gasteiger partial charge in [-0.3, -0.25) is 9.59 Å². The molecule has 2 aromatic rings. The summed E-state index contributed by atoms with van der Waals surface area (Å²) in [5, 5.41) is 2.89. The molecule has 2 aromatic carbocycles. The highest BCUT2D eigenvalue weighted by Crippen LogP contribution is 2.12. The minimum absolute atomic E-state index is 0.00807. The van der Waals surface area contributed by atoms with Crippen LogP contribution in [0.1, 0.15) is 34.3 Å². The number of carbonyl (C=O) groups is 2. The molecule has 26 heavy (non-hydrogen) atoms. The Balaban J connectivity index is 1.67. The summed E-state index contributed by atoms with van der Waals surface area (Å²) in [7, 11) is 3.44. The molecule has 0 aliphatic carbocycles. The topological polar surface area (TPSA) is 58.6 Å². The predicted molar refractivity (Wildman–Crippen MR) is 102 cm³/mol. The van der Waals surface area contributed by atoms with Crippen LogP contribution in [0.3, 0.4) is 0 Å². The van der Waals surface area contributed by atoms with E-state index in [1.54, 1.807) is 26.2 Å². The molecular weight excluding hydrogens is 328 g/mol. The van der Waals surface area contributed by atoms with Gasteiger partial charge >= 0.3 is 0 Å². The Morgan fingerprint density at radius 3 is 2.46 bits per heavy atom. The van der Waals surface area contributed by atoms with Gasteiger partial charge in [0.05, 0.1) is 6.61 Å². The van der Waals surface area contributed by atoms with Gasteiger partial charge in [0.2, 0.25) is 5.91 Å². The lowest BCUT2D eigenvalue weighted by Gasteiger charge is -2.11. The monoisotopic (exact) mass is 354 g/mol. The molecule has 0 fully saturated rings. The molecule has 138 valence electrons. The third-order valence-electron chi connectivity index (χ3n) is 3.90. The van der Waals surface area contributed by atoms with E-state index in [2.05, 4.69) is 5.32 Å². The average Bonchev–Trinajstić information content (AvgIpc) is 2.63. The molecule has 5 nitrogen and oxygen atoms in total. The molecule has 0 heterocycles. The van der Waals surface area contributed by atoms with Crippen molar-refractivity contribution in [1.82, 2.24) is 10.2 Å². The first kappa shape index (κ1) is 19.5. The van der Waals surface area contributed by atoms with E-state index in [1.807, 2.05) is 43.3 Å². The minimum atomic E-state index is -0.0332. The van der Waals surface area contributed by atoms with Gasteiger partial charge in [-0.25, -0.2) is 0 Å². The third-order valence-corrected chi connectivity index (χ3v) is 3.90. The van der Waals surface area contributed by atoms with Crippen molar-refractivity contribution in [3.8, 4) is 5.75 Å². The number of hydrogen-bond acceptors (Lipinski definition) is 3. The molecule has 0 saturated heterocycles. The Hall–Kier alpha value is -2.82. The number of nitrogens with one attached hydrogen (secondary N) is 1. The van der Waals surface area contributed by atoms with Gasteiger partial charge in [0.1, 0.15) is 5.75 Å². The highest BCUT2D eigenvalue weighted by atomic mass is 16.5. The lowest BCUT2D eigenvalue weighted by atomic mass is 10.1. The van der Waals surface area contributed by atoms with Crippen molar-refractivity contribution in [3.05, 3.63) is 65.2 Å². The van der Waals surface area contributed by atoms with Crippen molar-refractivity contribution in [2.75, 3.05) is 20.7 Å². The second-order valence-electron chi connectivity index (χ2n) is 6.44. The van der Waals surface area contributed by atoms with Crippen molar-refractivity contribution in [2.24, 2.45) is 0 Å². The molecule has 0 atom stereocenters. The van der Waals surface area contributed by atoms with Gasteiger partial charge in [0.25, 0.3) is 5.91 Å². The van der Waals surface area contributed by atoms with Crippen molar-refractivity contribution in [2.45, 2.75) is 26.3 Å². The number of aryl methyl sites for hydroxylation is 1. The first-order chi connectivity index (χ1) is 12.5. The van der Waals surface area contributed by atoms with Crippen LogP contribution in [0.25, 0.3) is 0 Å². The average molecular weight is 354 g/mol. The molecule has 2 amide bonds. The fourth-order valence-electron chi connectivity index (χ4n) is 2.44. The van der Waals surface area contributed by atoms with E-state index >= 15 is 0 Å². The van der Waals surface area contributed by atoms with Crippen LogP contribution in [0.5, 0.6) is 5.75 Å². The van der Waals surface area contributed by atoms with E-state index in [1.165, 1.54) is 4.90 Å². The summed E-state index contributed by atoms with van der Waals surface area (Å²) in [6, 6.07) is 15.1. The van der Waals surface area contributed by atoms with E-state index in [-0.39, 0.29) is 11.8 Å². The van der Waals surface area contributed by atoms with Gasteiger partial charge in [-0.2, -0.15) is 0 Å². The van der Waals surface area contributed by atoms with Gasteiger partial charge in [-0.15, -0.1) is 0 Å². The molecule has 0 aromatic heterocycles. The minimum Gasteiger partial charge on any atom is -0.494 e. The summed E-state index contributed by atoms with van der Waals surface area (Å²) in [6.45, 7) is 2.98. The van der Waals surface area contributed by atoms with Crippen LogP contribution in [0.4, 0.5) is 0 Å². The lowest BCUT2D eigenvalue weighted by Crippen LogP contribution is -2.23. The number of nitrogens with zero attached hydrogens (tertiary/aromatic N) is 1. The van der Waals surface area contributed by atoms with Crippen molar-refractivity contribution in [3.63, 3.8) is 0 Å². The largest absolute Gasteiger partial charge is 0.494 e. The zero-order valence-corrected chi connectivity index (χ0v) is 15.6. The van der Waals surface area contributed by atoms with Crippen LogP contribution < -0.4 is 10.1 Å². The van der Waals surface area contributed by atoms with Crippen molar-refractivity contribution < 1.29 is 14.3 Å². The fourth-order valence-corrected chi connectivity index (χ4v) is 2.44. The summed E-state index contributed by atoms with van der Waals surface area (Å²) in [5.41, 5.74) is 2.75.